The van der Waals surface area contributed by atoms with Crippen molar-refractivity contribution in [2.24, 2.45) is 0 Å². The van der Waals surface area contributed by atoms with Crippen LogP contribution in [0.3, 0.4) is 0 Å². The van der Waals surface area contributed by atoms with Crippen LogP contribution in [-0.2, 0) is 19.1 Å². The Labute approximate surface area is 89.2 Å². The van der Waals surface area contributed by atoms with Gasteiger partial charge in [-0.05, 0) is 19.8 Å². The highest BCUT2D eigenvalue weighted by Crippen LogP contribution is 1.99. The Morgan fingerprint density at radius 1 is 1.13 bits per heavy atom. The molecule has 0 radical (unpaired) electrons. The Morgan fingerprint density at radius 2 is 1.80 bits per heavy atom. The van der Waals surface area contributed by atoms with Crippen molar-refractivity contribution in [1.82, 2.24) is 5.32 Å². The maximum Gasteiger partial charge on any atom is 0.396 e. The minimum atomic E-state index is -0.876. The van der Waals surface area contributed by atoms with Crippen molar-refractivity contribution in [3.8, 4) is 0 Å². The molecule has 0 heterocycles. The third-order valence-electron chi connectivity index (χ3n) is 1.86. The highest BCUT2D eigenvalue weighted by atomic mass is 16.5. The van der Waals surface area contributed by atoms with Crippen LogP contribution < -0.4 is 5.32 Å². The minimum Gasteiger partial charge on any atom is -0.462 e. The number of hydrogen-bond donors (Lipinski definition) is 1. The van der Waals surface area contributed by atoms with Crippen LogP contribution in [0, 0.1) is 0 Å². The Kier molecular flexibility index (Phi) is 7.23. The van der Waals surface area contributed by atoms with Crippen molar-refractivity contribution >= 4 is 17.7 Å². The maximum atomic E-state index is 10.9. The molecule has 0 saturated heterocycles. The molecule has 15 heavy (non-hydrogen) atoms. The Balaban J connectivity index is 3.35. The van der Waals surface area contributed by atoms with Crippen LogP contribution in [0.5, 0.6) is 0 Å². The second-order valence-corrected chi connectivity index (χ2v) is 3.26. The number of carbonyl (C=O) groups is 3. The van der Waals surface area contributed by atoms with Crippen LogP contribution in [0.15, 0.2) is 0 Å². The second-order valence-electron chi connectivity index (χ2n) is 3.26. The molecule has 1 N–H and O–H groups in total. The molecular formula is C10H17NO4. The van der Waals surface area contributed by atoms with Crippen molar-refractivity contribution < 1.29 is 19.1 Å². The Bertz CT molecular complexity index is 238. The number of unbranched alkanes of at least 4 members (excludes halogenated alkanes) is 2. The second kappa shape index (κ2) is 7.96. The fourth-order valence-corrected chi connectivity index (χ4v) is 1.04. The zero-order valence-corrected chi connectivity index (χ0v) is 9.17. The van der Waals surface area contributed by atoms with Gasteiger partial charge in [-0.1, -0.05) is 6.42 Å². The van der Waals surface area contributed by atoms with E-state index in [1.54, 1.807) is 6.92 Å². The van der Waals surface area contributed by atoms with Gasteiger partial charge in [-0.2, -0.15) is 0 Å². The predicted molar refractivity (Wildman–Crippen MR) is 54.2 cm³/mol. The Hall–Kier alpha value is -1.39. The molecule has 5 heteroatoms. The molecule has 0 aliphatic rings. The fourth-order valence-electron chi connectivity index (χ4n) is 1.04. The summed E-state index contributed by atoms with van der Waals surface area (Å²) in [6.45, 7) is 1.99. The number of carbonyl (C=O) groups excluding carboxylic acids is 3. The first kappa shape index (κ1) is 13.6. The van der Waals surface area contributed by atoms with E-state index in [-0.39, 0.29) is 5.78 Å². The fraction of sp³-hybridized carbons (Fsp3) is 0.700. The van der Waals surface area contributed by atoms with Gasteiger partial charge >= 0.3 is 11.9 Å². The summed E-state index contributed by atoms with van der Waals surface area (Å²) in [7, 11) is 1.16. The quantitative estimate of drug-likeness (QED) is 0.396. The van der Waals surface area contributed by atoms with Gasteiger partial charge in [0.05, 0.1) is 7.11 Å². The van der Waals surface area contributed by atoms with Gasteiger partial charge in [0.1, 0.15) is 5.78 Å². The van der Waals surface area contributed by atoms with E-state index in [2.05, 4.69) is 10.1 Å². The van der Waals surface area contributed by atoms with Gasteiger partial charge in [0.25, 0.3) is 0 Å². The third-order valence-corrected chi connectivity index (χ3v) is 1.86. The van der Waals surface area contributed by atoms with E-state index in [4.69, 9.17) is 0 Å². The number of methoxy groups -OCH3 is 1. The van der Waals surface area contributed by atoms with Crippen molar-refractivity contribution in [3.63, 3.8) is 0 Å². The predicted octanol–water partition coefficient (Wildman–Crippen LogP) is 0.425. The summed E-state index contributed by atoms with van der Waals surface area (Å²) in [6, 6.07) is 0. The molecule has 0 aliphatic heterocycles. The van der Waals surface area contributed by atoms with Crippen LogP contribution in [0.4, 0.5) is 0 Å². The van der Waals surface area contributed by atoms with E-state index < -0.39 is 11.9 Å². The van der Waals surface area contributed by atoms with E-state index in [0.717, 1.165) is 26.4 Å². The van der Waals surface area contributed by atoms with E-state index in [9.17, 15) is 14.4 Å². The number of nitrogens with one attached hydrogen (secondary N) is 1. The molecule has 0 bridgehead atoms. The summed E-state index contributed by atoms with van der Waals surface area (Å²) in [5.41, 5.74) is 0. The van der Waals surface area contributed by atoms with Gasteiger partial charge in [-0.25, -0.2) is 4.79 Å². The molecule has 0 rings (SSSR count). The molecule has 0 aliphatic carbocycles. The lowest BCUT2D eigenvalue weighted by atomic mass is 10.1. The largest absolute Gasteiger partial charge is 0.462 e. The Morgan fingerprint density at radius 3 is 2.33 bits per heavy atom. The topological polar surface area (TPSA) is 72.5 Å². The first-order chi connectivity index (χ1) is 7.07. The summed E-state index contributed by atoms with van der Waals surface area (Å²) in [5, 5.41) is 2.42. The van der Waals surface area contributed by atoms with E-state index in [1.807, 2.05) is 0 Å². The average molecular weight is 215 g/mol. The van der Waals surface area contributed by atoms with Gasteiger partial charge in [0.2, 0.25) is 0 Å². The standard InChI is InChI=1S/C10H17NO4/c1-8(12)6-4-3-5-7-11-9(13)10(14)15-2/h3-7H2,1-2H3,(H,11,13). The third kappa shape index (κ3) is 7.66. The highest BCUT2D eigenvalue weighted by molar-refractivity contribution is 6.32. The highest BCUT2D eigenvalue weighted by Gasteiger charge is 2.11. The summed E-state index contributed by atoms with van der Waals surface area (Å²) < 4.78 is 4.23. The zero-order valence-electron chi connectivity index (χ0n) is 9.17. The molecule has 86 valence electrons. The van der Waals surface area contributed by atoms with E-state index in [0.29, 0.717) is 13.0 Å². The molecular weight excluding hydrogens is 198 g/mol. The molecule has 0 unspecified atom stereocenters. The van der Waals surface area contributed by atoms with Crippen molar-refractivity contribution in [1.29, 1.82) is 0 Å². The van der Waals surface area contributed by atoms with Crippen molar-refractivity contribution in [2.45, 2.75) is 32.6 Å². The van der Waals surface area contributed by atoms with Crippen LogP contribution in [-0.4, -0.2) is 31.3 Å². The first-order valence-electron chi connectivity index (χ1n) is 4.93. The van der Waals surface area contributed by atoms with Crippen LogP contribution >= 0.6 is 0 Å². The maximum absolute atomic E-state index is 10.9. The molecule has 0 fully saturated rings. The van der Waals surface area contributed by atoms with Gasteiger partial charge in [-0.3, -0.25) is 4.79 Å². The smallest absolute Gasteiger partial charge is 0.396 e. The number of Topliss-reactive ketones (excluding diaryl/α,β-unsaturated/α-hetero) is 1. The molecule has 0 saturated carbocycles. The normalized spacial score (nSPS) is 9.47. The zero-order chi connectivity index (χ0) is 11.7. The van der Waals surface area contributed by atoms with Gasteiger partial charge in [0, 0.05) is 13.0 Å². The number of ketones is 1. The number of rotatable bonds is 6. The lowest BCUT2D eigenvalue weighted by molar-refractivity contribution is -0.152. The van der Waals surface area contributed by atoms with Gasteiger partial charge in [-0.15, -0.1) is 0 Å². The molecule has 0 atom stereocenters. The lowest BCUT2D eigenvalue weighted by Gasteiger charge is -2.02. The number of esters is 1. The van der Waals surface area contributed by atoms with Crippen LogP contribution in [0.25, 0.3) is 0 Å². The molecule has 0 aromatic carbocycles. The van der Waals surface area contributed by atoms with Crippen LogP contribution in [0.1, 0.15) is 32.6 Å². The number of ether oxygens (including phenoxy) is 1. The molecule has 5 nitrogen and oxygen atoms in total. The number of hydrogen-bond acceptors (Lipinski definition) is 4. The number of amides is 1. The van der Waals surface area contributed by atoms with Gasteiger partial charge in [0.15, 0.2) is 0 Å². The summed E-state index contributed by atoms with van der Waals surface area (Å²) in [4.78, 5) is 32.1. The molecule has 0 spiro atoms. The molecule has 0 aromatic heterocycles. The molecule has 1 amide bonds. The first-order valence-corrected chi connectivity index (χ1v) is 4.93. The molecule has 0 aromatic rings. The van der Waals surface area contributed by atoms with Crippen molar-refractivity contribution in [2.75, 3.05) is 13.7 Å². The SMILES string of the molecule is COC(=O)C(=O)NCCCCCC(C)=O. The monoisotopic (exact) mass is 215 g/mol. The minimum absolute atomic E-state index is 0.175. The van der Waals surface area contributed by atoms with Crippen LogP contribution in [0.2, 0.25) is 0 Å². The summed E-state index contributed by atoms with van der Waals surface area (Å²) in [6.07, 6.45) is 3.02. The lowest BCUT2D eigenvalue weighted by Crippen LogP contribution is -2.32. The van der Waals surface area contributed by atoms with E-state index >= 15 is 0 Å². The van der Waals surface area contributed by atoms with E-state index in [1.165, 1.54) is 0 Å². The van der Waals surface area contributed by atoms with Gasteiger partial charge < -0.3 is 14.8 Å². The average Bonchev–Trinajstić information content (AvgIpc) is 2.21. The summed E-state index contributed by atoms with van der Waals surface area (Å²) in [5.74, 6) is -1.42. The van der Waals surface area contributed by atoms with Crippen molar-refractivity contribution in [3.05, 3.63) is 0 Å². The summed E-state index contributed by atoms with van der Waals surface area (Å²) >= 11 is 0.